The molecule has 0 aliphatic heterocycles. The molecule has 4 heteroatoms. The van der Waals surface area contributed by atoms with Gasteiger partial charge in [-0.15, -0.1) is 0 Å². The lowest BCUT2D eigenvalue weighted by Crippen LogP contribution is -2.33. The topological polar surface area (TPSA) is 64.9 Å². The summed E-state index contributed by atoms with van der Waals surface area (Å²) in [5, 5.41) is 13.0. The van der Waals surface area contributed by atoms with Crippen LogP contribution in [0.25, 0.3) is 0 Å². The zero-order valence-corrected chi connectivity index (χ0v) is 5.55. The van der Waals surface area contributed by atoms with Gasteiger partial charge in [0.05, 0.1) is 0 Å². The number of nitrogens with one attached hydrogen (secondary N) is 2. The summed E-state index contributed by atoms with van der Waals surface area (Å²) in [6.07, 6.45) is 3.84. The zero-order chi connectivity index (χ0) is 7.40. The van der Waals surface area contributed by atoms with Crippen LogP contribution in [0, 0.1) is 11.5 Å². The van der Waals surface area contributed by atoms with Crippen LogP contribution in [0.4, 0.5) is 0 Å². The van der Waals surface area contributed by atoms with Gasteiger partial charge in [0.1, 0.15) is 6.54 Å². The molecule has 1 aliphatic carbocycles. The highest BCUT2D eigenvalue weighted by Gasteiger charge is 2.22. The van der Waals surface area contributed by atoms with E-state index in [2.05, 4.69) is 10.6 Å². The first kappa shape index (κ1) is 6.87. The Kier molecular flexibility index (Phi) is 2.11. The van der Waals surface area contributed by atoms with E-state index in [9.17, 15) is 4.79 Å². The molecule has 1 fully saturated rings. The summed E-state index contributed by atoms with van der Waals surface area (Å²) in [5.74, 6) is -0.0935. The van der Waals surface area contributed by atoms with Gasteiger partial charge in [0.2, 0.25) is 5.91 Å². The van der Waals surface area contributed by atoms with Crippen LogP contribution >= 0.6 is 0 Å². The summed E-state index contributed by atoms with van der Waals surface area (Å²) < 4.78 is 0. The fourth-order valence-electron chi connectivity index (χ4n) is 0.626. The smallest absolute Gasteiger partial charge is 0.240 e. The Bertz CT molecular complexity index is 168. The van der Waals surface area contributed by atoms with Crippen molar-refractivity contribution in [3.63, 3.8) is 0 Å². The third-order valence-corrected chi connectivity index (χ3v) is 1.27. The van der Waals surface area contributed by atoms with Crippen LogP contribution in [0.15, 0.2) is 0 Å². The summed E-state index contributed by atoms with van der Waals surface area (Å²) in [6, 6.07) is 0.382. The van der Waals surface area contributed by atoms with Crippen LogP contribution in [-0.2, 0) is 4.79 Å². The number of hydrogen-bond acceptors (Lipinski definition) is 3. The minimum Gasteiger partial charge on any atom is -0.352 e. The highest BCUT2D eigenvalue weighted by atomic mass is 16.2. The Morgan fingerprint density at radius 1 is 1.70 bits per heavy atom. The molecule has 1 saturated carbocycles. The lowest BCUT2D eigenvalue weighted by Gasteiger charge is -1.99. The van der Waals surface area contributed by atoms with Crippen molar-refractivity contribution < 1.29 is 4.79 Å². The van der Waals surface area contributed by atoms with E-state index < -0.39 is 0 Å². The van der Waals surface area contributed by atoms with Crippen LogP contribution in [0.2, 0.25) is 0 Å². The maximum Gasteiger partial charge on any atom is 0.240 e. The number of rotatable bonds is 3. The van der Waals surface area contributed by atoms with Crippen LogP contribution < -0.4 is 10.6 Å². The van der Waals surface area contributed by atoms with Crippen molar-refractivity contribution in [3.05, 3.63) is 0 Å². The van der Waals surface area contributed by atoms with E-state index in [1.54, 1.807) is 6.19 Å². The number of nitrogens with zero attached hydrogens (tertiary/aromatic N) is 1. The Balaban J connectivity index is 2.03. The van der Waals surface area contributed by atoms with E-state index in [-0.39, 0.29) is 12.5 Å². The summed E-state index contributed by atoms with van der Waals surface area (Å²) in [4.78, 5) is 10.7. The lowest BCUT2D eigenvalue weighted by molar-refractivity contribution is -0.120. The van der Waals surface area contributed by atoms with Crippen LogP contribution in [0.1, 0.15) is 12.8 Å². The van der Waals surface area contributed by atoms with Crippen LogP contribution in [0.5, 0.6) is 0 Å². The van der Waals surface area contributed by atoms with Gasteiger partial charge in [0, 0.05) is 6.04 Å². The van der Waals surface area contributed by atoms with E-state index in [0.717, 1.165) is 12.8 Å². The summed E-state index contributed by atoms with van der Waals surface area (Å²) in [6.45, 7) is 0.104. The van der Waals surface area contributed by atoms with E-state index >= 15 is 0 Å². The van der Waals surface area contributed by atoms with Crippen LogP contribution in [0.3, 0.4) is 0 Å². The number of nitriles is 1. The maximum atomic E-state index is 10.7. The standard InChI is InChI=1S/C6H9N3O/c7-4-8-3-6(10)9-5-1-2-5/h5,8H,1-3H2,(H,9,10). The molecule has 1 amide bonds. The van der Waals surface area contributed by atoms with Gasteiger partial charge in [-0.1, -0.05) is 0 Å². The third-order valence-electron chi connectivity index (χ3n) is 1.27. The summed E-state index contributed by atoms with van der Waals surface area (Å²) >= 11 is 0. The molecule has 1 aliphatic rings. The van der Waals surface area contributed by atoms with Crippen molar-refractivity contribution in [2.24, 2.45) is 0 Å². The molecule has 0 unspecified atom stereocenters. The maximum absolute atomic E-state index is 10.7. The fraction of sp³-hybridized carbons (Fsp3) is 0.667. The SMILES string of the molecule is N#CNCC(=O)NC1CC1. The molecule has 0 atom stereocenters. The second-order valence-electron chi connectivity index (χ2n) is 2.31. The van der Waals surface area contributed by atoms with Crippen molar-refractivity contribution in [1.29, 1.82) is 5.26 Å². The highest BCUT2D eigenvalue weighted by molar-refractivity contribution is 5.78. The van der Waals surface area contributed by atoms with E-state index in [0.29, 0.717) is 6.04 Å². The summed E-state index contributed by atoms with van der Waals surface area (Å²) in [5.41, 5.74) is 0. The molecule has 0 aromatic carbocycles. The third kappa shape index (κ3) is 2.35. The Morgan fingerprint density at radius 2 is 2.40 bits per heavy atom. The molecule has 4 nitrogen and oxygen atoms in total. The van der Waals surface area contributed by atoms with Crippen molar-refractivity contribution in [2.75, 3.05) is 6.54 Å². The van der Waals surface area contributed by atoms with E-state index in [1.807, 2.05) is 0 Å². The Morgan fingerprint density at radius 3 is 2.90 bits per heavy atom. The minimum absolute atomic E-state index is 0.0935. The van der Waals surface area contributed by atoms with E-state index in [1.165, 1.54) is 0 Å². The van der Waals surface area contributed by atoms with Crippen molar-refractivity contribution in [2.45, 2.75) is 18.9 Å². The van der Waals surface area contributed by atoms with Gasteiger partial charge in [-0.2, -0.15) is 5.26 Å². The van der Waals surface area contributed by atoms with Crippen molar-refractivity contribution >= 4 is 5.91 Å². The second-order valence-corrected chi connectivity index (χ2v) is 2.31. The van der Waals surface area contributed by atoms with Gasteiger partial charge in [0.15, 0.2) is 6.19 Å². The molecule has 0 spiro atoms. The van der Waals surface area contributed by atoms with Gasteiger partial charge in [-0.05, 0) is 12.8 Å². The predicted molar refractivity (Wildman–Crippen MR) is 34.8 cm³/mol. The molecule has 0 radical (unpaired) electrons. The first-order valence-electron chi connectivity index (χ1n) is 3.24. The summed E-state index contributed by atoms with van der Waals surface area (Å²) in [7, 11) is 0. The zero-order valence-electron chi connectivity index (χ0n) is 5.55. The molecular weight excluding hydrogens is 130 g/mol. The number of carbonyl (C=O) groups excluding carboxylic acids is 1. The van der Waals surface area contributed by atoms with Gasteiger partial charge >= 0.3 is 0 Å². The largest absolute Gasteiger partial charge is 0.352 e. The number of amides is 1. The molecule has 1 rings (SSSR count). The molecule has 0 aromatic rings. The van der Waals surface area contributed by atoms with Gasteiger partial charge < -0.3 is 10.6 Å². The van der Waals surface area contributed by atoms with Gasteiger partial charge in [0.25, 0.3) is 0 Å². The molecule has 0 heterocycles. The van der Waals surface area contributed by atoms with Crippen molar-refractivity contribution in [1.82, 2.24) is 10.6 Å². The number of hydrogen-bond donors (Lipinski definition) is 2. The lowest BCUT2D eigenvalue weighted by atomic mass is 10.5. The normalized spacial score (nSPS) is 15.5. The second kappa shape index (κ2) is 3.06. The average Bonchev–Trinajstić information content (AvgIpc) is 2.67. The molecule has 0 aromatic heterocycles. The van der Waals surface area contributed by atoms with Crippen molar-refractivity contribution in [3.8, 4) is 6.19 Å². The monoisotopic (exact) mass is 139 g/mol. The number of carbonyl (C=O) groups is 1. The van der Waals surface area contributed by atoms with Gasteiger partial charge in [-0.25, -0.2) is 0 Å². The van der Waals surface area contributed by atoms with Crippen LogP contribution in [-0.4, -0.2) is 18.5 Å². The van der Waals surface area contributed by atoms with E-state index in [4.69, 9.17) is 5.26 Å². The molecule has 54 valence electrons. The first-order valence-corrected chi connectivity index (χ1v) is 3.24. The first-order chi connectivity index (χ1) is 4.83. The van der Waals surface area contributed by atoms with Gasteiger partial charge in [-0.3, -0.25) is 4.79 Å². The molecular formula is C6H9N3O. The molecule has 0 bridgehead atoms. The predicted octanol–water partition coefficient (Wildman–Crippen LogP) is -0.664. The Labute approximate surface area is 59.2 Å². The highest BCUT2D eigenvalue weighted by Crippen LogP contribution is 2.17. The molecule has 0 saturated heterocycles. The minimum atomic E-state index is -0.0935. The average molecular weight is 139 g/mol. The Hall–Kier alpha value is -1.24. The fourth-order valence-corrected chi connectivity index (χ4v) is 0.626. The quantitative estimate of drug-likeness (QED) is 0.403. The molecule has 10 heavy (non-hydrogen) atoms. The molecule has 2 N–H and O–H groups in total.